The van der Waals surface area contributed by atoms with E-state index in [1.165, 1.54) is 9.13 Å². The van der Waals surface area contributed by atoms with Gasteiger partial charge in [0.05, 0.1) is 23.0 Å². The van der Waals surface area contributed by atoms with Gasteiger partial charge in [0.2, 0.25) is 0 Å². The van der Waals surface area contributed by atoms with Crippen LogP contribution in [0.3, 0.4) is 0 Å². The summed E-state index contributed by atoms with van der Waals surface area (Å²) in [6, 6.07) is 13.8. The van der Waals surface area contributed by atoms with E-state index in [9.17, 15) is 14.0 Å². The number of pyridine rings is 2. The molecular formula is C24H22FN5O2. The second-order valence-electron chi connectivity index (χ2n) is 8.15. The van der Waals surface area contributed by atoms with E-state index in [2.05, 4.69) is 9.97 Å². The van der Waals surface area contributed by atoms with Crippen LogP contribution in [0.4, 0.5) is 4.39 Å². The van der Waals surface area contributed by atoms with Gasteiger partial charge >= 0.3 is 5.69 Å². The van der Waals surface area contributed by atoms with Crippen LogP contribution in [0.1, 0.15) is 31.7 Å². The van der Waals surface area contributed by atoms with Gasteiger partial charge in [-0.3, -0.25) is 14.3 Å². The first-order valence-corrected chi connectivity index (χ1v) is 10.6. The van der Waals surface area contributed by atoms with Gasteiger partial charge in [0.25, 0.3) is 5.56 Å². The van der Waals surface area contributed by atoms with Gasteiger partial charge in [-0.1, -0.05) is 18.2 Å². The number of rotatable bonds is 3. The lowest BCUT2D eigenvalue weighted by atomic mass is 9.91. The van der Waals surface area contributed by atoms with Crippen molar-refractivity contribution in [3.63, 3.8) is 0 Å². The molecule has 7 nitrogen and oxygen atoms in total. The summed E-state index contributed by atoms with van der Waals surface area (Å²) in [6.45, 7) is 0. The van der Waals surface area contributed by atoms with E-state index in [1.54, 1.807) is 12.3 Å². The summed E-state index contributed by atoms with van der Waals surface area (Å²) >= 11 is 0. The Hall–Kier alpha value is -3.65. The third-order valence-corrected chi connectivity index (χ3v) is 6.06. The van der Waals surface area contributed by atoms with Crippen LogP contribution in [0.15, 0.2) is 70.5 Å². The van der Waals surface area contributed by atoms with Gasteiger partial charge in [-0.15, -0.1) is 0 Å². The van der Waals surface area contributed by atoms with Gasteiger partial charge in [-0.05, 0) is 56.0 Å². The maximum Gasteiger partial charge on any atom is 0.337 e. The largest absolute Gasteiger partial charge is 0.337 e. The van der Waals surface area contributed by atoms with E-state index in [4.69, 9.17) is 5.73 Å². The second-order valence-corrected chi connectivity index (χ2v) is 8.15. The standard InChI is InChI=1S/C24H22FN5O2/c25-16-13-20-22(28-14-16)29(19-5-3-4-15(12-19)21-6-1-2-11-27-21)24(32)30(23(20)31)18-9-7-17(26)8-10-18/h1-6,11-14,17-18H,7-10,26H2/t17-,18+. The number of hydrogen-bond acceptors (Lipinski definition) is 5. The zero-order chi connectivity index (χ0) is 22.2. The summed E-state index contributed by atoms with van der Waals surface area (Å²) < 4.78 is 16.7. The Morgan fingerprint density at radius 3 is 2.53 bits per heavy atom. The van der Waals surface area contributed by atoms with Gasteiger partial charge < -0.3 is 5.73 Å². The number of nitrogens with two attached hydrogens (primary N) is 1. The summed E-state index contributed by atoms with van der Waals surface area (Å²) in [5.74, 6) is -0.626. The zero-order valence-corrected chi connectivity index (χ0v) is 17.3. The predicted molar refractivity (Wildman–Crippen MR) is 120 cm³/mol. The van der Waals surface area contributed by atoms with Gasteiger partial charge in [0, 0.05) is 23.8 Å². The average molecular weight is 431 g/mol. The maximum atomic E-state index is 14.0. The minimum atomic E-state index is -0.626. The molecule has 0 amide bonds. The lowest BCUT2D eigenvalue weighted by molar-refractivity contribution is 0.309. The van der Waals surface area contributed by atoms with Crippen molar-refractivity contribution in [1.29, 1.82) is 0 Å². The lowest BCUT2D eigenvalue weighted by Crippen LogP contribution is -2.44. The minimum absolute atomic E-state index is 0.0683. The van der Waals surface area contributed by atoms with Crippen LogP contribution in [0.5, 0.6) is 0 Å². The van der Waals surface area contributed by atoms with Gasteiger partial charge in [0.15, 0.2) is 5.65 Å². The van der Waals surface area contributed by atoms with Crippen LogP contribution in [-0.4, -0.2) is 25.1 Å². The van der Waals surface area contributed by atoms with Crippen molar-refractivity contribution >= 4 is 11.0 Å². The maximum absolute atomic E-state index is 14.0. The molecule has 1 aliphatic rings. The highest BCUT2D eigenvalue weighted by Crippen LogP contribution is 2.27. The zero-order valence-electron chi connectivity index (χ0n) is 17.3. The molecule has 1 saturated carbocycles. The SMILES string of the molecule is N[C@H]1CC[C@@H](n2c(=O)c3cc(F)cnc3n(-c3cccc(-c4ccccn4)c3)c2=O)CC1. The smallest absolute Gasteiger partial charge is 0.328 e. The fourth-order valence-corrected chi connectivity index (χ4v) is 4.43. The van der Waals surface area contributed by atoms with E-state index in [-0.39, 0.29) is 23.1 Å². The molecule has 0 spiro atoms. The van der Waals surface area contributed by atoms with Crippen LogP contribution >= 0.6 is 0 Å². The first kappa shape index (κ1) is 20.3. The summed E-state index contributed by atoms with van der Waals surface area (Å²) in [5.41, 5.74) is 7.23. The van der Waals surface area contributed by atoms with Gasteiger partial charge in [0.1, 0.15) is 5.82 Å². The Bertz CT molecular complexity index is 1410. The molecule has 1 aromatic carbocycles. The fourth-order valence-electron chi connectivity index (χ4n) is 4.43. The van der Waals surface area contributed by atoms with Crippen LogP contribution in [0, 0.1) is 5.82 Å². The molecule has 0 bridgehead atoms. The summed E-state index contributed by atoms with van der Waals surface area (Å²) in [4.78, 5) is 35.4. The summed E-state index contributed by atoms with van der Waals surface area (Å²) in [6.07, 6.45) is 5.42. The van der Waals surface area contributed by atoms with Crippen molar-refractivity contribution in [2.45, 2.75) is 37.8 Å². The summed E-state index contributed by atoms with van der Waals surface area (Å²) in [7, 11) is 0. The number of halogens is 1. The number of nitrogens with zero attached hydrogens (tertiary/aromatic N) is 4. The molecule has 1 fully saturated rings. The second kappa shape index (κ2) is 8.12. The van der Waals surface area contributed by atoms with Crippen molar-refractivity contribution in [1.82, 2.24) is 19.1 Å². The Morgan fingerprint density at radius 1 is 0.969 bits per heavy atom. The molecule has 0 radical (unpaired) electrons. The lowest BCUT2D eigenvalue weighted by Gasteiger charge is -2.27. The highest BCUT2D eigenvalue weighted by Gasteiger charge is 2.26. The number of fused-ring (bicyclic) bond motifs is 1. The van der Waals surface area contributed by atoms with Crippen LogP contribution in [0.2, 0.25) is 0 Å². The van der Waals surface area contributed by atoms with Crippen molar-refractivity contribution in [3.05, 3.63) is 87.6 Å². The molecule has 5 rings (SSSR count). The van der Waals surface area contributed by atoms with Gasteiger partial charge in [-0.25, -0.2) is 18.7 Å². The highest BCUT2D eigenvalue weighted by atomic mass is 19.1. The molecule has 2 N–H and O–H groups in total. The van der Waals surface area contributed by atoms with E-state index in [1.807, 2.05) is 36.4 Å². The number of benzene rings is 1. The molecular weight excluding hydrogens is 409 g/mol. The molecule has 1 aliphatic carbocycles. The van der Waals surface area contributed by atoms with E-state index in [0.717, 1.165) is 36.4 Å². The normalized spacial score (nSPS) is 18.7. The molecule has 162 valence electrons. The fraction of sp³-hybridized carbons (Fsp3) is 0.250. The molecule has 0 aliphatic heterocycles. The monoisotopic (exact) mass is 431 g/mol. The van der Waals surface area contributed by atoms with Crippen LogP contribution < -0.4 is 17.0 Å². The first-order chi connectivity index (χ1) is 15.5. The van der Waals surface area contributed by atoms with E-state index in [0.29, 0.717) is 18.5 Å². The number of aromatic nitrogens is 4. The molecule has 32 heavy (non-hydrogen) atoms. The van der Waals surface area contributed by atoms with Crippen LogP contribution in [0.25, 0.3) is 28.0 Å². The Labute approximate surface area is 183 Å². The quantitative estimate of drug-likeness (QED) is 0.538. The van der Waals surface area contributed by atoms with Gasteiger partial charge in [-0.2, -0.15) is 0 Å². The highest BCUT2D eigenvalue weighted by molar-refractivity contribution is 5.76. The minimum Gasteiger partial charge on any atom is -0.328 e. The first-order valence-electron chi connectivity index (χ1n) is 10.6. The molecule has 3 heterocycles. The Morgan fingerprint density at radius 2 is 1.78 bits per heavy atom. The Balaban J connectivity index is 1.76. The van der Waals surface area contributed by atoms with Crippen molar-refractivity contribution in [2.24, 2.45) is 5.73 Å². The predicted octanol–water partition coefficient (Wildman–Crippen LogP) is 3.19. The molecule has 4 aromatic rings. The third kappa shape index (κ3) is 3.52. The molecule has 0 unspecified atom stereocenters. The van der Waals surface area contributed by atoms with Crippen molar-refractivity contribution < 1.29 is 4.39 Å². The summed E-state index contributed by atoms with van der Waals surface area (Å²) in [5, 5.41) is 0.0720. The molecule has 0 atom stereocenters. The topological polar surface area (TPSA) is 95.8 Å². The van der Waals surface area contributed by atoms with Crippen molar-refractivity contribution in [2.75, 3.05) is 0 Å². The van der Waals surface area contributed by atoms with E-state index < -0.39 is 17.1 Å². The molecule has 8 heteroatoms. The van der Waals surface area contributed by atoms with Crippen molar-refractivity contribution in [3.8, 4) is 16.9 Å². The van der Waals surface area contributed by atoms with E-state index >= 15 is 0 Å². The van der Waals surface area contributed by atoms with Crippen LogP contribution in [-0.2, 0) is 0 Å². The molecule has 0 saturated heterocycles. The Kier molecular flexibility index (Phi) is 5.14. The third-order valence-electron chi connectivity index (χ3n) is 6.06. The number of hydrogen-bond donors (Lipinski definition) is 1. The average Bonchev–Trinajstić information content (AvgIpc) is 2.82. The molecule has 3 aromatic heterocycles.